The average Bonchev–Trinajstić information content (AvgIpc) is 2.37. The molecule has 0 aliphatic heterocycles. The van der Waals surface area contributed by atoms with Gasteiger partial charge in [0.1, 0.15) is 0 Å². The van der Waals surface area contributed by atoms with Crippen LogP contribution in [0.4, 0.5) is 13.2 Å². The average molecular weight is 355 g/mol. The molecule has 0 saturated heterocycles. The number of nitrogens with two attached hydrogens (primary N) is 1. The van der Waals surface area contributed by atoms with Crippen molar-refractivity contribution in [2.75, 3.05) is 13.7 Å². The second kappa shape index (κ2) is 7.40. The molecule has 7 heteroatoms. The van der Waals surface area contributed by atoms with E-state index in [1.54, 1.807) is 13.2 Å². The lowest BCUT2D eigenvalue weighted by molar-refractivity contribution is -0.138. The number of halogens is 4. The molecule has 0 spiro atoms. The maximum absolute atomic E-state index is 12.9. The lowest BCUT2D eigenvalue weighted by Crippen LogP contribution is -2.33. The molecular weight excluding hydrogens is 337 g/mol. The molecule has 3 N–H and O–H groups in total. The monoisotopic (exact) mass is 354 g/mol. The van der Waals surface area contributed by atoms with Crippen LogP contribution in [-0.4, -0.2) is 13.7 Å². The number of hydrazine groups is 1. The molecule has 0 aliphatic rings. The summed E-state index contributed by atoms with van der Waals surface area (Å²) in [7, 11) is 1.58. The van der Waals surface area contributed by atoms with Gasteiger partial charge in [0.05, 0.1) is 5.56 Å². The number of methoxy groups -OCH3 is 1. The van der Waals surface area contributed by atoms with Crippen LogP contribution in [0, 0.1) is 5.92 Å². The zero-order valence-corrected chi connectivity index (χ0v) is 12.9. The molecule has 1 rings (SSSR count). The fraction of sp³-hybridized carbons (Fsp3) is 0.538. The van der Waals surface area contributed by atoms with E-state index in [1.165, 1.54) is 6.07 Å². The number of hydrogen-bond acceptors (Lipinski definition) is 3. The number of rotatable bonds is 6. The molecule has 0 fully saturated rings. The minimum absolute atomic E-state index is 0.0223. The van der Waals surface area contributed by atoms with Crippen LogP contribution < -0.4 is 11.3 Å². The maximum atomic E-state index is 12.9. The number of hydrogen-bond donors (Lipinski definition) is 2. The number of ether oxygens (including phenoxy) is 1. The van der Waals surface area contributed by atoms with E-state index >= 15 is 0 Å². The Balaban J connectivity index is 3.04. The highest BCUT2D eigenvalue weighted by Gasteiger charge is 2.34. The first-order chi connectivity index (χ1) is 9.31. The molecule has 114 valence electrons. The molecule has 0 heterocycles. The smallest absolute Gasteiger partial charge is 0.385 e. The van der Waals surface area contributed by atoms with Crippen molar-refractivity contribution in [2.45, 2.75) is 25.6 Å². The summed E-state index contributed by atoms with van der Waals surface area (Å²) in [5.74, 6) is 5.53. The Labute approximate surface area is 124 Å². The van der Waals surface area contributed by atoms with Gasteiger partial charge in [-0.15, -0.1) is 0 Å². The Morgan fingerprint density at radius 2 is 2.05 bits per heavy atom. The number of nitrogens with one attached hydrogen (secondary N) is 1. The van der Waals surface area contributed by atoms with E-state index in [9.17, 15) is 13.2 Å². The summed E-state index contributed by atoms with van der Waals surface area (Å²) in [6, 6.07) is 3.79. The van der Waals surface area contributed by atoms with Gasteiger partial charge in [-0.05, 0) is 30.0 Å². The maximum Gasteiger partial charge on any atom is 0.417 e. The van der Waals surface area contributed by atoms with Crippen molar-refractivity contribution in [3.8, 4) is 0 Å². The fourth-order valence-corrected chi connectivity index (χ4v) is 2.48. The molecule has 0 aromatic heterocycles. The highest BCUT2D eigenvalue weighted by atomic mass is 79.9. The van der Waals surface area contributed by atoms with Crippen LogP contribution in [0.2, 0.25) is 0 Å². The standard InChI is InChI=1S/C13H18BrF3N2O/c1-8(5-6-20-2)12(19-18)9-3-4-11(14)10(7-9)13(15,16)17/h3-4,7-8,12,19H,5-6,18H2,1-2H3. The predicted octanol–water partition coefficient (Wildman–Crippen LogP) is 3.64. The van der Waals surface area contributed by atoms with Crippen molar-refractivity contribution >= 4 is 15.9 Å². The van der Waals surface area contributed by atoms with Gasteiger partial charge in [-0.2, -0.15) is 13.2 Å². The van der Waals surface area contributed by atoms with Crippen LogP contribution in [0.15, 0.2) is 22.7 Å². The summed E-state index contributed by atoms with van der Waals surface area (Å²) in [6.07, 6.45) is -3.70. The van der Waals surface area contributed by atoms with E-state index in [-0.39, 0.29) is 16.4 Å². The van der Waals surface area contributed by atoms with Gasteiger partial charge in [0.25, 0.3) is 0 Å². The van der Waals surface area contributed by atoms with E-state index in [1.807, 2.05) is 6.92 Å². The molecule has 2 atom stereocenters. The number of benzene rings is 1. The van der Waals surface area contributed by atoms with Gasteiger partial charge in [-0.3, -0.25) is 11.3 Å². The molecular formula is C13H18BrF3N2O. The van der Waals surface area contributed by atoms with Crippen LogP contribution in [0.25, 0.3) is 0 Å². The largest absolute Gasteiger partial charge is 0.417 e. The van der Waals surface area contributed by atoms with Gasteiger partial charge in [-0.25, -0.2) is 0 Å². The third kappa shape index (κ3) is 4.44. The van der Waals surface area contributed by atoms with Crippen molar-refractivity contribution in [1.82, 2.24) is 5.43 Å². The Kier molecular flexibility index (Phi) is 6.44. The van der Waals surface area contributed by atoms with Gasteiger partial charge in [0, 0.05) is 24.2 Å². The summed E-state index contributed by atoms with van der Waals surface area (Å²) < 4.78 is 43.7. The van der Waals surface area contributed by atoms with Gasteiger partial charge in [-0.1, -0.05) is 28.9 Å². The topological polar surface area (TPSA) is 47.3 Å². The second-order valence-corrected chi connectivity index (χ2v) is 5.49. The van der Waals surface area contributed by atoms with Gasteiger partial charge >= 0.3 is 6.18 Å². The molecule has 0 amide bonds. The van der Waals surface area contributed by atoms with Crippen LogP contribution in [0.1, 0.15) is 30.5 Å². The van der Waals surface area contributed by atoms with Crippen molar-refractivity contribution < 1.29 is 17.9 Å². The first-order valence-corrected chi connectivity index (χ1v) is 6.92. The summed E-state index contributed by atoms with van der Waals surface area (Å²) in [4.78, 5) is 0. The highest BCUT2D eigenvalue weighted by Crippen LogP contribution is 2.37. The van der Waals surface area contributed by atoms with Crippen molar-refractivity contribution in [2.24, 2.45) is 11.8 Å². The van der Waals surface area contributed by atoms with Gasteiger partial charge in [0.2, 0.25) is 0 Å². The van der Waals surface area contributed by atoms with Crippen molar-refractivity contribution in [3.05, 3.63) is 33.8 Å². The quantitative estimate of drug-likeness (QED) is 0.605. The van der Waals surface area contributed by atoms with Crippen LogP contribution >= 0.6 is 15.9 Å². The Morgan fingerprint density at radius 3 is 2.55 bits per heavy atom. The Bertz CT molecular complexity index is 440. The van der Waals surface area contributed by atoms with E-state index in [2.05, 4.69) is 21.4 Å². The third-order valence-electron chi connectivity index (χ3n) is 3.18. The zero-order valence-electron chi connectivity index (χ0n) is 11.3. The molecule has 0 saturated carbocycles. The van der Waals surface area contributed by atoms with E-state index in [0.717, 1.165) is 6.07 Å². The number of alkyl halides is 3. The molecule has 2 unspecified atom stereocenters. The SMILES string of the molecule is COCCC(C)C(NN)c1ccc(Br)c(C(F)(F)F)c1. The van der Waals surface area contributed by atoms with Crippen LogP contribution in [0.3, 0.4) is 0 Å². The fourth-order valence-electron chi connectivity index (χ4n) is 2.01. The lowest BCUT2D eigenvalue weighted by Gasteiger charge is -2.24. The molecule has 1 aromatic rings. The molecule has 0 bridgehead atoms. The van der Waals surface area contributed by atoms with E-state index in [4.69, 9.17) is 10.6 Å². The van der Waals surface area contributed by atoms with Crippen molar-refractivity contribution in [3.63, 3.8) is 0 Å². The second-order valence-electron chi connectivity index (χ2n) is 4.64. The summed E-state index contributed by atoms with van der Waals surface area (Å²) in [5.41, 5.74) is 2.39. The third-order valence-corrected chi connectivity index (χ3v) is 3.87. The summed E-state index contributed by atoms with van der Waals surface area (Å²) >= 11 is 2.92. The Morgan fingerprint density at radius 1 is 1.40 bits per heavy atom. The molecule has 3 nitrogen and oxygen atoms in total. The molecule has 0 radical (unpaired) electrons. The Hall–Kier alpha value is -0.630. The lowest BCUT2D eigenvalue weighted by atomic mass is 9.91. The minimum Gasteiger partial charge on any atom is -0.385 e. The van der Waals surface area contributed by atoms with Crippen molar-refractivity contribution in [1.29, 1.82) is 0 Å². The summed E-state index contributed by atoms with van der Waals surface area (Å²) in [6.45, 7) is 2.45. The highest BCUT2D eigenvalue weighted by molar-refractivity contribution is 9.10. The zero-order chi connectivity index (χ0) is 15.3. The van der Waals surface area contributed by atoms with Crippen LogP contribution in [-0.2, 0) is 10.9 Å². The minimum atomic E-state index is -4.40. The van der Waals surface area contributed by atoms with Gasteiger partial charge in [0.15, 0.2) is 0 Å². The first-order valence-electron chi connectivity index (χ1n) is 6.13. The molecule has 20 heavy (non-hydrogen) atoms. The molecule has 1 aromatic carbocycles. The molecule has 0 aliphatic carbocycles. The van der Waals surface area contributed by atoms with Gasteiger partial charge < -0.3 is 4.74 Å². The van der Waals surface area contributed by atoms with E-state index < -0.39 is 11.7 Å². The predicted molar refractivity (Wildman–Crippen MR) is 74.9 cm³/mol. The van der Waals surface area contributed by atoms with E-state index in [0.29, 0.717) is 18.6 Å². The van der Waals surface area contributed by atoms with Crippen LogP contribution in [0.5, 0.6) is 0 Å². The normalized spacial score (nSPS) is 15.2. The summed E-state index contributed by atoms with van der Waals surface area (Å²) in [5, 5.41) is 0. The first kappa shape index (κ1) is 17.4.